The lowest BCUT2D eigenvalue weighted by molar-refractivity contribution is 0.758. The van der Waals surface area contributed by atoms with E-state index in [4.69, 9.17) is 11.6 Å². The van der Waals surface area contributed by atoms with E-state index >= 15 is 0 Å². The number of nitrogens with one attached hydrogen (secondary N) is 1. The van der Waals surface area contributed by atoms with E-state index in [-0.39, 0.29) is 0 Å². The first kappa shape index (κ1) is 5.67. The smallest absolute Gasteiger partial charge is 0.200 e. The van der Waals surface area contributed by atoms with Crippen LogP contribution in [0, 0.1) is 0 Å². The SMILES string of the molecule is Cn1[nH]c2nnnc-2c1Cl. The standard InChI is InChI=1S/C4H4ClN5/c1-10-3(5)2-4(8-10)7-9-6-2/h1H3,(H,6,7,8). The van der Waals surface area contributed by atoms with Gasteiger partial charge in [0.05, 0.1) is 0 Å². The number of nitrogens with zero attached hydrogens (tertiary/aromatic N) is 4. The number of aromatic nitrogens is 5. The molecular weight excluding hydrogens is 154 g/mol. The molecule has 0 aromatic rings. The van der Waals surface area contributed by atoms with Gasteiger partial charge >= 0.3 is 0 Å². The number of hydrogen-bond acceptors (Lipinski definition) is 3. The van der Waals surface area contributed by atoms with Crippen LogP contribution in [0.4, 0.5) is 0 Å². The molecule has 0 saturated carbocycles. The normalized spacial score (nSPS) is 11.0. The van der Waals surface area contributed by atoms with Crippen LogP contribution in [0.1, 0.15) is 0 Å². The van der Waals surface area contributed by atoms with Crippen LogP contribution < -0.4 is 0 Å². The quantitative estimate of drug-likeness (QED) is 0.598. The summed E-state index contributed by atoms with van der Waals surface area (Å²) in [5, 5.41) is 14.2. The number of halogens is 1. The van der Waals surface area contributed by atoms with E-state index in [0.29, 0.717) is 16.7 Å². The highest BCUT2D eigenvalue weighted by atomic mass is 35.5. The second-order valence-electron chi connectivity index (χ2n) is 1.95. The maximum Gasteiger partial charge on any atom is 0.200 e. The van der Waals surface area contributed by atoms with Gasteiger partial charge in [0.1, 0.15) is 0 Å². The Balaban J connectivity index is 2.80. The van der Waals surface area contributed by atoms with Crippen molar-refractivity contribution in [3.63, 3.8) is 0 Å². The molecule has 5 nitrogen and oxygen atoms in total. The molecule has 0 fully saturated rings. The Morgan fingerprint density at radius 3 is 3.00 bits per heavy atom. The van der Waals surface area contributed by atoms with Crippen molar-refractivity contribution < 1.29 is 0 Å². The third-order valence-corrected chi connectivity index (χ3v) is 1.71. The van der Waals surface area contributed by atoms with Gasteiger partial charge in [0, 0.05) is 7.05 Å². The molecule has 52 valence electrons. The maximum atomic E-state index is 5.77. The number of hydrogen-bond donors (Lipinski definition) is 1. The highest BCUT2D eigenvalue weighted by Gasteiger charge is 2.15. The molecule has 2 aliphatic rings. The Bertz CT molecular complexity index is 323. The van der Waals surface area contributed by atoms with Crippen LogP contribution >= 0.6 is 11.6 Å². The predicted molar refractivity (Wildman–Crippen MR) is 34.8 cm³/mol. The third kappa shape index (κ3) is 0.550. The molecular formula is C4H4ClN5. The van der Waals surface area contributed by atoms with Crippen molar-refractivity contribution in [2.45, 2.75) is 0 Å². The van der Waals surface area contributed by atoms with Gasteiger partial charge in [-0.15, -0.1) is 10.2 Å². The number of rotatable bonds is 0. The summed E-state index contributed by atoms with van der Waals surface area (Å²) in [6, 6.07) is 0. The summed E-state index contributed by atoms with van der Waals surface area (Å²) in [5.74, 6) is 0.618. The molecule has 0 radical (unpaired) electrons. The first-order chi connectivity index (χ1) is 4.79. The van der Waals surface area contributed by atoms with Crippen LogP contribution in [0.5, 0.6) is 0 Å². The van der Waals surface area contributed by atoms with Crippen molar-refractivity contribution in [1.82, 2.24) is 25.2 Å². The predicted octanol–water partition coefficient (Wildman–Crippen LogP) is 0.296. The molecule has 1 N–H and O–H groups in total. The second-order valence-corrected chi connectivity index (χ2v) is 2.31. The molecule has 10 heavy (non-hydrogen) atoms. The number of aryl methyl sites for hydroxylation is 1. The molecule has 0 spiro atoms. The molecule has 0 unspecified atom stereocenters. The average molecular weight is 158 g/mol. The van der Waals surface area contributed by atoms with Gasteiger partial charge in [0.2, 0.25) is 0 Å². The summed E-state index contributed by atoms with van der Waals surface area (Å²) in [5.41, 5.74) is 0.615. The summed E-state index contributed by atoms with van der Waals surface area (Å²) in [6.45, 7) is 0. The van der Waals surface area contributed by atoms with Crippen molar-refractivity contribution in [2.75, 3.05) is 0 Å². The van der Waals surface area contributed by atoms with Gasteiger partial charge in [0.25, 0.3) is 0 Å². The molecule has 0 atom stereocenters. The summed E-state index contributed by atoms with van der Waals surface area (Å²) in [4.78, 5) is 0. The van der Waals surface area contributed by atoms with Gasteiger partial charge in [-0.2, -0.15) is 0 Å². The Morgan fingerprint density at radius 1 is 1.50 bits per heavy atom. The lowest BCUT2D eigenvalue weighted by Crippen LogP contribution is -1.89. The van der Waals surface area contributed by atoms with E-state index < -0.39 is 0 Å². The van der Waals surface area contributed by atoms with Crippen LogP contribution in [-0.2, 0) is 7.05 Å². The first-order valence-electron chi connectivity index (χ1n) is 2.68. The summed E-state index contributed by atoms with van der Waals surface area (Å²) in [6.07, 6.45) is 0. The highest BCUT2D eigenvalue weighted by Crippen LogP contribution is 2.22. The highest BCUT2D eigenvalue weighted by molar-refractivity contribution is 6.31. The van der Waals surface area contributed by atoms with Crippen molar-refractivity contribution in [3.05, 3.63) is 5.15 Å². The van der Waals surface area contributed by atoms with Crippen molar-refractivity contribution >= 4 is 11.6 Å². The molecule has 2 rings (SSSR count). The van der Waals surface area contributed by atoms with E-state index in [2.05, 4.69) is 20.5 Å². The minimum atomic E-state index is 0.528. The van der Waals surface area contributed by atoms with Gasteiger partial charge < -0.3 is 0 Å². The lowest BCUT2D eigenvalue weighted by atomic mass is 10.5. The molecule has 0 aromatic carbocycles. The molecule has 6 heteroatoms. The minimum absolute atomic E-state index is 0.528. The topological polar surface area (TPSA) is 59.4 Å². The third-order valence-electron chi connectivity index (χ3n) is 1.28. The molecule has 2 aliphatic heterocycles. The van der Waals surface area contributed by atoms with E-state index in [1.165, 1.54) is 0 Å². The van der Waals surface area contributed by atoms with Crippen LogP contribution in [0.25, 0.3) is 11.5 Å². The van der Waals surface area contributed by atoms with Crippen molar-refractivity contribution in [2.24, 2.45) is 7.05 Å². The van der Waals surface area contributed by atoms with Crippen LogP contribution in [-0.4, -0.2) is 25.2 Å². The van der Waals surface area contributed by atoms with E-state index in [9.17, 15) is 0 Å². The molecule has 0 saturated heterocycles. The second kappa shape index (κ2) is 1.69. The van der Waals surface area contributed by atoms with Gasteiger partial charge in [-0.3, -0.25) is 9.78 Å². The van der Waals surface area contributed by atoms with E-state index in [0.717, 1.165) is 0 Å². The molecule has 0 amide bonds. The Kier molecular flexibility index (Phi) is 0.960. The largest absolute Gasteiger partial charge is 0.277 e. The van der Waals surface area contributed by atoms with Gasteiger partial charge in [-0.25, -0.2) is 0 Å². The number of H-pyrrole nitrogens is 1. The Morgan fingerprint density at radius 2 is 2.30 bits per heavy atom. The number of aromatic amines is 1. The maximum absolute atomic E-state index is 5.77. The fourth-order valence-corrected chi connectivity index (χ4v) is 0.957. The van der Waals surface area contributed by atoms with Crippen LogP contribution in [0.2, 0.25) is 5.15 Å². The van der Waals surface area contributed by atoms with Crippen LogP contribution in [0.3, 0.4) is 0 Å². The fourth-order valence-electron chi connectivity index (χ4n) is 0.788. The monoisotopic (exact) mass is 157 g/mol. The summed E-state index contributed by atoms with van der Waals surface area (Å²) in [7, 11) is 1.78. The molecule has 0 bridgehead atoms. The zero-order chi connectivity index (χ0) is 7.14. The molecule has 2 heterocycles. The van der Waals surface area contributed by atoms with E-state index in [1.807, 2.05) is 0 Å². The van der Waals surface area contributed by atoms with Gasteiger partial charge in [-0.05, 0) is 5.21 Å². The Hall–Kier alpha value is -1.10. The first-order valence-corrected chi connectivity index (χ1v) is 3.06. The Labute approximate surface area is 61.3 Å². The van der Waals surface area contributed by atoms with Crippen molar-refractivity contribution in [3.8, 4) is 11.5 Å². The molecule has 0 aliphatic carbocycles. The van der Waals surface area contributed by atoms with E-state index in [1.54, 1.807) is 11.7 Å². The average Bonchev–Trinajstić information content (AvgIpc) is 2.41. The van der Waals surface area contributed by atoms with Gasteiger partial charge in [-0.1, -0.05) is 11.6 Å². The lowest BCUT2D eigenvalue weighted by Gasteiger charge is -1.87. The molecule has 0 aromatic heterocycles. The van der Waals surface area contributed by atoms with Crippen LogP contribution in [0.15, 0.2) is 0 Å². The number of fused-ring (bicyclic) bond motifs is 1. The van der Waals surface area contributed by atoms with Crippen molar-refractivity contribution in [1.29, 1.82) is 0 Å². The zero-order valence-corrected chi connectivity index (χ0v) is 5.92. The fraction of sp³-hybridized carbons (Fsp3) is 0.250. The summed E-state index contributed by atoms with van der Waals surface area (Å²) < 4.78 is 1.63. The zero-order valence-electron chi connectivity index (χ0n) is 5.17. The summed E-state index contributed by atoms with van der Waals surface area (Å²) >= 11 is 5.77. The minimum Gasteiger partial charge on any atom is -0.277 e. The van der Waals surface area contributed by atoms with Gasteiger partial charge in [0.15, 0.2) is 16.7 Å².